The number of hydrogen-bond donors (Lipinski definition) is 1. The molecule has 0 aliphatic carbocycles. The van der Waals surface area contributed by atoms with Gasteiger partial charge in [-0.25, -0.2) is 4.79 Å². The molecule has 0 spiro atoms. The predicted molar refractivity (Wildman–Crippen MR) is 84.5 cm³/mol. The van der Waals surface area contributed by atoms with E-state index in [-0.39, 0.29) is 16.9 Å². The van der Waals surface area contributed by atoms with Gasteiger partial charge in [0, 0.05) is 6.54 Å². The number of ether oxygens (including phenoxy) is 2. The summed E-state index contributed by atoms with van der Waals surface area (Å²) in [6, 6.07) is 4.81. The van der Waals surface area contributed by atoms with Crippen molar-refractivity contribution < 1.29 is 29.0 Å². The van der Waals surface area contributed by atoms with E-state index < -0.39 is 12.6 Å². The zero-order valence-electron chi connectivity index (χ0n) is 12.6. The molecule has 7 nitrogen and oxygen atoms in total. The van der Waals surface area contributed by atoms with Crippen LogP contribution in [0.2, 0.25) is 0 Å². The smallest absolute Gasteiger partial charge is 0.341 e. The Bertz CT molecular complexity index is 685. The number of methoxy groups -OCH3 is 1. The van der Waals surface area contributed by atoms with Gasteiger partial charge in [-0.2, -0.15) is 0 Å². The Morgan fingerprint density at radius 1 is 1.35 bits per heavy atom. The van der Waals surface area contributed by atoms with Gasteiger partial charge in [-0.05, 0) is 42.5 Å². The van der Waals surface area contributed by atoms with Gasteiger partial charge in [0.15, 0.2) is 18.1 Å². The van der Waals surface area contributed by atoms with Crippen LogP contribution in [-0.2, 0) is 9.59 Å². The van der Waals surface area contributed by atoms with E-state index in [0.717, 1.165) is 16.7 Å². The van der Waals surface area contributed by atoms with Crippen LogP contribution in [0.15, 0.2) is 23.1 Å². The molecule has 122 valence electrons. The van der Waals surface area contributed by atoms with Crippen LogP contribution >= 0.6 is 11.8 Å². The number of carbonyl (C=O) groups excluding carboxylic acids is 2. The minimum absolute atomic E-state index is 0.286. The number of carboxylic acid groups (broad SMARTS) is 1. The molecule has 1 aliphatic heterocycles. The first-order valence-corrected chi connectivity index (χ1v) is 7.56. The number of carboxylic acids is 1. The van der Waals surface area contributed by atoms with Gasteiger partial charge in [-0.15, -0.1) is 0 Å². The van der Waals surface area contributed by atoms with E-state index in [1.807, 2.05) is 0 Å². The highest BCUT2D eigenvalue weighted by molar-refractivity contribution is 8.18. The number of thioether (sulfide) groups is 1. The van der Waals surface area contributed by atoms with Gasteiger partial charge in [-0.3, -0.25) is 14.5 Å². The van der Waals surface area contributed by atoms with Crippen molar-refractivity contribution in [1.82, 2.24) is 4.90 Å². The topological polar surface area (TPSA) is 93.1 Å². The maximum Gasteiger partial charge on any atom is 0.341 e. The largest absolute Gasteiger partial charge is 0.493 e. The molecule has 0 saturated carbocycles. The lowest BCUT2D eigenvalue weighted by molar-refractivity contribution is -0.139. The fourth-order valence-electron chi connectivity index (χ4n) is 1.96. The molecule has 0 bridgehead atoms. The lowest BCUT2D eigenvalue weighted by Gasteiger charge is -2.10. The summed E-state index contributed by atoms with van der Waals surface area (Å²) < 4.78 is 10.3. The number of rotatable bonds is 6. The SMILES string of the molecule is CCN1C(=O)S/C(=C/c2ccc(OCC(=O)O)c(OC)c2)C1=O. The molecule has 0 atom stereocenters. The summed E-state index contributed by atoms with van der Waals surface area (Å²) in [5.74, 6) is -0.791. The molecule has 2 rings (SSSR count). The second-order valence-corrected chi connectivity index (χ2v) is 5.51. The monoisotopic (exact) mass is 337 g/mol. The van der Waals surface area contributed by atoms with Crippen molar-refractivity contribution in [2.45, 2.75) is 6.92 Å². The van der Waals surface area contributed by atoms with E-state index in [1.54, 1.807) is 31.2 Å². The third-order valence-corrected chi connectivity index (χ3v) is 3.93. The molecule has 0 unspecified atom stereocenters. The van der Waals surface area contributed by atoms with Gasteiger partial charge in [0.05, 0.1) is 12.0 Å². The van der Waals surface area contributed by atoms with Gasteiger partial charge < -0.3 is 14.6 Å². The molecule has 23 heavy (non-hydrogen) atoms. The van der Waals surface area contributed by atoms with Crippen molar-refractivity contribution >= 4 is 35.0 Å². The molecule has 1 N–H and O–H groups in total. The summed E-state index contributed by atoms with van der Waals surface area (Å²) in [6.07, 6.45) is 1.59. The van der Waals surface area contributed by atoms with Crippen LogP contribution in [-0.4, -0.2) is 47.4 Å². The normalized spacial score (nSPS) is 16.1. The lowest BCUT2D eigenvalue weighted by atomic mass is 10.2. The molecule has 1 aliphatic rings. The highest BCUT2D eigenvalue weighted by atomic mass is 32.2. The molecule has 2 amide bonds. The van der Waals surface area contributed by atoms with Gasteiger partial charge in [0.2, 0.25) is 0 Å². The molecule has 8 heteroatoms. The maximum absolute atomic E-state index is 12.0. The molecule has 1 aromatic rings. The minimum Gasteiger partial charge on any atom is -0.493 e. The number of likely N-dealkylation sites (N-methyl/N-ethyl adjacent to an activating group) is 1. The van der Waals surface area contributed by atoms with Crippen LogP contribution in [0, 0.1) is 0 Å². The number of benzene rings is 1. The van der Waals surface area contributed by atoms with E-state index in [4.69, 9.17) is 14.6 Å². The first-order valence-electron chi connectivity index (χ1n) is 6.74. The number of aliphatic carboxylic acids is 1. The second kappa shape index (κ2) is 7.19. The molecule has 1 saturated heterocycles. The van der Waals surface area contributed by atoms with Crippen molar-refractivity contribution in [1.29, 1.82) is 0 Å². The van der Waals surface area contributed by atoms with Crippen LogP contribution < -0.4 is 9.47 Å². The number of amides is 2. The summed E-state index contributed by atoms with van der Waals surface area (Å²) in [5.41, 5.74) is 0.645. The van der Waals surface area contributed by atoms with Crippen LogP contribution in [0.5, 0.6) is 11.5 Å². The van der Waals surface area contributed by atoms with E-state index in [9.17, 15) is 14.4 Å². The van der Waals surface area contributed by atoms with Crippen molar-refractivity contribution in [3.05, 3.63) is 28.7 Å². The number of imide groups is 1. The molecular weight excluding hydrogens is 322 g/mol. The minimum atomic E-state index is -1.09. The van der Waals surface area contributed by atoms with E-state index in [0.29, 0.717) is 22.8 Å². The van der Waals surface area contributed by atoms with Crippen LogP contribution in [0.25, 0.3) is 6.08 Å². The first-order chi connectivity index (χ1) is 11.0. The quantitative estimate of drug-likeness (QED) is 0.795. The third kappa shape index (κ3) is 3.84. The number of carbonyl (C=O) groups is 3. The molecule has 0 radical (unpaired) electrons. The standard InChI is InChI=1S/C15H15NO6S/c1-3-16-14(19)12(23-15(16)20)7-9-4-5-10(11(6-9)21-2)22-8-13(17)18/h4-7H,3,8H2,1-2H3,(H,17,18)/b12-7+. The average molecular weight is 337 g/mol. The zero-order valence-corrected chi connectivity index (χ0v) is 13.4. The Morgan fingerprint density at radius 3 is 2.65 bits per heavy atom. The van der Waals surface area contributed by atoms with Gasteiger partial charge >= 0.3 is 5.97 Å². The van der Waals surface area contributed by atoms with E-state index in [1.165, 1.54) is 7.11 Å². The molecule has 1 aromatic carbocycles. The Kier molecular flexibility index (Phi) is 5.28. The third-order valence-electron chi connectivity index (χ3n) is 3.03. The fourth-order valence-corrected chi connectivity index (χ4v) is 2.86. The highest BCUT2D eigenvalue weighted by Crippen LogP contribution is 2.34. The van der Waals surface area contributed by atoms with Crippen molar-refractivity contribution in [2.24, 2.45) is 0 Å². The van der Waals surface area contributed by atoms with E-state index in [2.05, 4.69) is 0 Å². The average Bonchev–Trinajstić information content (AvgIpc) is 2.79. The van der Waals surface area contributed by atoms with Gasteiger partial charge in [-0.1, -0.05) is 6.07 Å². The maximum atomic E-state index is 12.0. The van der Waals surface area contributed by atoms with Crippen molar-refractivity contribution in [2.75, 3.05) is 20.3 Å². The second-order valence-electron chi connectivity index (χ2n) is 4.52. The number of nitrogens with zero attached hydrogens (tertiary/aromatic N) is 1. The summed E-state index contributed by atoms with van der Waals surface area (Å²) in [5, 5.41) is 8.34. The summed E-state index contributed by atoms with van der Waals surface area (Å²) in [4.78, 5) is 35.8. The summed E-state index contributed by atoms with van der Waals surface area (Å²) in [6.45, 7) is 1.58. The van der Waals surface area contributed by atoms with Crippen LogP contribution in [0.4, 0.5) is 4.79 Å². The molecular formula is C15H15NO6S. The van der Waals surface area contributed by atoms with E-state index >= 15 is 0 Å². The van der Waals surface area contributed by atoms with Gasteiger partial charge in [0.25, 0.3) is 11.1 Å². The molecule has 0 aromatic heterocycles. The van der Waals surface area contributed by atoms with Crippen molar-refractivity contribution in [3.8, 4) is 11.5 Å². The Labute approximate surface area is 136 Å². The van der Waals surface area contributed by atoms with Crippen LogP contribution in [0.1, 0.15) is 12.5 Å². The lowest BCUT2D eigenvalue weighted by Crippen LogP contribution is -2.27. The number of hydrogen-bond acceptors (Lipinski definition) is 6. The predicted octanol–water partition coefficient (Wildman–Crippen LogP) is 2.21. The highest BCUT2D eigenvalue weighted by Gasteiger charge is 2.33. The van der Waals surface area contributed by atoms with Crippen LogP contribution in [0.3, 0.4) is 0 Å². The molecule has 1 heterocycles. The summed E-state index contributed by atoms with van der Waals surface area (Å²) in [7, 11) is 1.43. The Hall–Kier alpha value is -2.48. The zero-order chi connectivity index (χ0) is 17.0. The molecule has 1 fully saturated rings. The van der Waals surface area contributed by atoms with Gasteiger partial charge in [0.1, 0.15) is 0 Å². The fraction of sp³-hybridized carbons (Fsp3) is 0.267. The Morgan fingerprint density at radius 2 is 2.09 bits per heavy atom. The Balaban J connectivity index is 2.24. The first kappa shape index (κ1) is 16.9. The summed E-state index contributed by atoms with van der Waals surface area (Å²) >= 11 is 0.882. The van der Waals surface area contributed by atoms with Crippen molar-refractivity contribution in [3.63, 3.8) is 0 Å².